The van der Waals surface area contributed by atoms with Gasteiger partial charge in [-0.3, -0.25) is 9.59 Å². The molecule has 1 fully saturated rings. The summed E-state index contributed by atoms with van der Waals surface area (Å²) in [5.41, 5.74) is 0.963. The third-order valence-electron chi connectivity index (χ3n) is 4.98. The highest BCUT2D eigenvalue weighted by atomic mass is 32.1. The van der Waals surface area contributed by atoms with Crippen LogP contribution < -0.4 is 5.32 Å². The van der Waals surface area contributed by atoms with Gasteiger partial charge in [0, 0.05) is 25.4 Å². The molecule has 2 atom stereocenters. The molecule has 0 bridgehead atoms. The molecule has 2 heterocycles. The summed E-state index contributed by atoms with van der Waals surface area (Å²) < 4.78 is 13.0. The van der Waals surface area contributed by atoms with Gasteiger partial charge in [-0.1, -0.05) is 43.7 Å². The van der Waals surface area contributed by atoms with Crippen molar-refractivity contribution in [3.63, 3.8) is 0 Å². The molecule has 0 spiro atoms. The minimum atomic E-state index is -0.388. The van der Waals surface area contributed by atoms with Crippen molar-refractivity contribution in [3.8, 4) is 0 Å². The van der Waals surface area contributed by atoms with Crippen LogP contribution in [0.5, 0.6) is 0 Å². The minimum Gasteiger partial charge on any atom is -0.342 e. The van der Waals surface area contributed by atoms with Crippen LogP contribution in [0.2, 0.25) is 0 Å². The van der Waals surface area contributed by atoms with Crippen molar-refractivity contribution in [3.05, 3.63) is 40.7 Å². The Balaban J connectivity index is 1.51. The van der Waals surface area contributed by atoms with Gasteiger partial charge in [-0.25, -0.2) is 4.39 Å². The smallest absolute Gasteiger partial charge is 0.231 e. The van der Waals surface area contributed by atoms with Crippen molar-refractivity contribution in [2.24, 2.45) is 5.92 Å². The number of hydrogen-bond acceptors (Lipinski definition) is 5. The Hall–Kier alpha value is -2.35. The molecule has 2 aromatic rings. The average molecular weight is 405 g/mol. The normalized spacial score (nSPS) is 17.8. The molecule has 0 aliphatic carbocycles. The first-order chi connectivity index (χ1) is 13.5. The zero-order valence-corrected chi connectivity index (χ0v) is 17.0. The van der Waals surface area contributed by atoms with E-state index >= 15 is 0 Å². The fraction of sp³-hybridized carbons (Fsp3) is 0.500. The second-order valence-corrected chi connectivity index (χ2v) is 8.25. The fourth-order valence-corrected chi connectivity index (χ4v) is 4.16. The molecular weight excluding hydrogens is 379 g/mol. The monoisotopic (exact) mass is 404 g/mol. The number of likely N-dealkylation sites (tertiary alicyclic amines) is 1. The van der Waals surface area contributed by atoms with Crippen molar-refractivity contribution in [1.29, 1.82) is 0 Å². The summed E-state index contributed by atoms with van der Waals surface area (Å²) in [6.07, 6.45) is 2.94. The van der Waals surface area contributed by atoms with Gasteiger partial charge in [-0.15, -0.1) is 10.2 Å². The SMILES string of the molecule is CCC[C@H](C)c1nnc(NC(=O)[C@@H]2CC(=O)N(CCc3ccc(F)cc3)C2)s1. The van der Waals surface area contributed by atoms with Gasteiger partial charge in [0.25, 0.3) is 0 Å². The lowest BCUT2D eigenvalue weighted by molar-refractivity contribution is -0.128. The van der Waals surface area contributed by atoms with Crippen LogP contribution in [-0.4, -0.2) is 40.0 Å². The van der Waals surface area contributed by atoms with Gasteiger partial charge in [0.15, 0.2) is 0 Å². The standard InChI is InChI=1S/C20H25FN4O2S/c1-3-4-13(2)19-23-24-20(28-19)22-18(27)15-11-17(26)25(12-15)10-9-14-5-7-16(21)8-6-14/h5-8,13,15H,3-4,9-12H2,1-2H3,(H,22,24,27)/t13-,15+/m0/s1. The largest absolute Gasteiger partial charge is 0.342 e. The summed E-state index contributed by atoms with van der Waals surface area (Å²) >= 11 is 1.39. The lowest BCUT2D eigenvalue weighted by Crippen LogP contribution is -2.30. The van der Waals surface area contributed by atoms with E-state index in [0.717, 1.165) is 23.4 Å². The van der Waals surface area contributed by atoms with Crippen LogP contribution in [0, 0.1) is 11.7 Å². The van der Waals surface area contributed by atoms with Crippen LogP contribution in [0.3, 0.4) is 0 Å². The molecule has 1 aromatic carbocycles. The number of carbonyl (C=O) groups excluding carboxylic acids is 2. The zero-order chi connectivity index (χ0) is 20.1. The van der Waals surface area contributed by atoms with Gasteiger partial charge in [0.1, 0.15) is 10.8 Å². The summed E-state index contributed by atoms with van der Waals surface area (Å²) in [7, 11) is 0. The Morgan fingerprint density at radius 3 is 2.82 bits per heavy atom. The average Bonchev–Trinajstić information content (AvgIpc) is 3.28. The maximum atomic E-state index is 13.0. The van der Waals surface area contributed by atoms with E-state index in [2.05, 4.69) is 29.4 Å². The molecule has 150 valence electrons. The van der Waals surface area contributed by atoms with Crippen LogP contribution in [0.1, 0.15) is 49.6 Å². The van der Waals surface area contributed by atoms with E-state index in [4.69, 9.17) is 0 Å². The third-order valence-corrected chi connectivity index (χ3v) is 6.05. The van der Waals surface area contributed by atoms with Crippen molar-refractivity contribution < 1.29 is 14.0 Å². The molecule has 0 saturated carbocycles. The number of benzene rings is 1. The summed E-state index contributed by atoms with van der Waals surface area (Å²) in [5.74, 6) is -0.564. The van der Waals surface area contributed by atoms with Crippen LogP contribution in [0.25, 0.3) is 0 Å². The Bertz CT molecular complexity index is 824. The number of hydrogen-bond donors (Lipinski definition) is 1. The van der Waals surface area contributed by atoms with E-state index in [1.54, 1.807) is 17.0 Å². The molecule has 1 N–H and O–H groups in total. The Kier molecular flexibility index (Phi) is 6.72. The van der Waals surface area contributed by atoms with E-state index in [0.29, 0.717) is 30.6 Å². The first-order valence-electron chi connectivity index (χ1n) is 9.62. The molecular formula is C20H25FN4O2S. The van der Waals surface area contributed by atoms with Gasteiger partial charge in [0.2, 0.25) is 16.9 Å². The molecule has 1 aromatic heterocycles. The Morgan fingerprint density at radius 2 is 2.11 bits per heavy atom. The second-order valence-electron chi connectivity index (χ2n) is 7.24. The third kappa shape index (κ3) is 5.13. The van der Waals surface area contributed by atoms with Gasteiger partial charge < -0.3 is 10.2 Å². The maximum absolute atomic E-state index is 13.0. The zero-order valence-electron chi connectivity index (χ0n) is 16.2. The quantitative estimate of drug-likeness (QED) is 0.729. The summed E-state index contributed by atoms with van der Waals surface area (Å²) in [6, 6.07) is 6.25. The predicted molar refractivity (Wildman–Crippen MR) is 107 cm³/mol. The Morgan fingerprint density at radius 1 is 1.36 bits per heavy atom. The fourth-order valence-electron chi connectivity index (χ4n) is 3.33. The number of carbonyl (C=O) groups is 2. The van der Waals surface area contributed by atoms with E-state index < -0.39 is 0 Å². The van der Waals surface area contributed by atoms with Crippen molar-refractivity contribution in [1.82, 2.24) is 15.1 Å². The number of amides is 2. The van der Waals surface area contributed by atoms with E-state index in [9.17, 15) is 14.0 Å². The number of nitrogens with zero attached hydrogens (tertiary/aromatic N) is 3. The van der Waals surface area contributed by atoms with Crippen LogP contribution >= 0.6 is 11.3 Å². The molecule has 0 unspecified atom stereocenters. The highest BCUT2D eigenvalue weighted by molar-refractivity contribution is 7.15. The number of nitrogens with one attached hydrogen (secondary N) is 1. The van der Waals surface area contributed by atoms with Crippen molar-refractivity contribution in [2.75, 3.05) is 18.4 Å². The first-order valence-corrected chi connectivity index (χ1v) is 10.4. The Labute approximate surface area is 168 Å². The van der Waals surface area contributed by atoms with Crippen molar-refractivity contribution >= 4 is 28.3 Å². The van der Waals surface area contributed by atoms with E-state index in [-0.39, 0.29) is 30.0 Å². The van der Waals surface area contributed by atoms with Crippen LogP contribution in [0.15, 0.2) is 24.3 Å². The summed E-state index contributed by atoms with van der Waals surface area (Å²) in [5, 5.41) is 12.4. The minimum absolute atomic E-state index is 0.0308. The first kappa shape index (κ1) is 20.4. The lowest BCUT2D eigenvalue weighted by Gasteiger charge is -2.16. The van der Waals surface area contributed by atoms with Crippen LogP contribution in [0.4, 0.5) is 9.52 Å². The van der Waals surface area contributed by atoms with Gasteiger partial charge in [0.05, 0.1) is 5.92 Å². The number of rotatable bonds is 8. The number of aromatic nitrogens is 2. The molecule has 1 aliphatic rings. The predicted octanol–water partition coefficient (Wildman–Crippen LogP) is 3.61. The lowest BCUT2D eigenvalue weighted by atomic mass is 10.1. The molecule has 0 radical (unpaired) electrons. The second kappa shape index (κ2) is 9.23. The molecule has 6 nitrogen and oxygen atoms in total. The molecule has 2 amide bonds. The molecule has 1 saturated heterocycles. The highest BCUT2D eigenvalue weighted by Crippen LogP contribution is 2.27. The maximum Gasteiger partial charge on any atom is 0.231 e. The summed E-state index contributed by atoms with van der Waals surface area (Å²) in [6.45, 7) is 5.14. The van der Waals surface area contributed by atoms with Gasteiger partial charge in [-0.2, -0.15) is 0 Å². The van der Waals surface area contributed by atoms with Gasteiger partial charge in [-0.05, 0) is 30.5 Å². The van der Waals surface area contributed by atoms with E-state index in [1.807, 2.05) is 0 Å². The number of halogens is 1. The topological polar surface area (TPSA) is 75.2 Å². The molecule has 1 aliphatic heterocycles. The molecule has 28 heavy (non-hydrogen) atoms. The summed E-state index contributed by atoms with van der Waals surface area (Å²) in [4.78, 5) is 26.5. The molecule has 8 heteroatoms. The van der Waals surface area contributed by atoms with Gasteiger partial charge >= 0.3 is 0 Å². The molecule has 3 rings (SSSR count). The number of anilines is 1. The van der Waals surface area contributed by atoms with Crippen LogP contribution in [-0.2, 0) is 16.0 Å². The highest BCUT2D eigenvalue weighted by Gasteiger charge is 2.34. The van der Waals surface area contributed by atoms with E-state index in [1.165, 1.54) is 23.5 Å². The van der Waals surface area contributed by atoms with Crippen molar-refractivity contribution in [2.45, 2.75) is 45.4 Å².